The summed E-state index contributed by atoms with van der Waals surface area (Å²) in [5.41, 5.74) is 6.28. The van der Waals surface area contributed by atoms with E-state index in [4.69, 9.17) is 9.47 Å². The van der Waals surface area contributed by atoms with E-state index in [2.05, 4.69) is 67.7 Å². The molecular formula is C24H28NO2+. The molecule has 2 N–H and O–H groups in total. The third kappa shape index (κ3) is 5.35. The first-order chi connectivity index (χ1) is 13.2. The smallest absolute Gasteiger partial charge is 0.161 e. The Hall–Kier alpha value is -2.78. The van der Waals surface area contributed by atoms with Gasteiger partial charge in [-0.1, -0.05) is 54.1 Å². The van der Waals surface area contributed by atoms with Crippen LogP contribution in [0.25, 0.3) is 0 Å². The molecule has 0 radical (unpaired) electrons. The van der Waals surface area contributed by atoms with Gasteiger partial charge in [0.1, 0.15) is 19.7 Å². The fourth-order valence-electron chi connectivity index (χ4n) is 3.02. The number of methoxy groups -OCH3 is 1. The summed E-state index contributed by atoms with van der Waals surface area (Å²) in [6.45, 7) is 6.63. The van der Waals surface area contributed by atoms with Gasteiger partial charge in [0, 0.05) is 11.1 Å². The molecule has 3 aromatic carbocycles. The number of quaternary nitrogens is 1. The third-order valence-electron chi connectivity index (χ3n) is 4.75. The highest BCUT2D eigenvalue weighted by atomic mass is 16.5. The van der Waals surface area contributed by atoms with E-state index in [1.807, 2.05) is 18.2 Å². The van der Waals surface area contributed by atoms with Crippen molar-refractivity contribution in [2.24, 2.45) is 0 Å². The van der Waals surface area contributed by atoms with E-state index in [9.17, 15) is 0 Å². The Bertz CT molecular complexity index is 872. The SMILES string of the molecule is COc1cc(C[NH2+]Cc2ccc(C)cc2)ccc1OCc1ccccc1C. The molecule has 0 saturated carbocycles. The Labute approximate surface area is 162 Å². The molecule has 3 heteroatoms. The zero-order valence-electron chi connectivity index (χ0n) is 16.4. The Morgan fingerprint density at radius 1 is 0.778 bits per heavy atom. The van der Waals surface area contributed by atoms with Crippen molar-refractivity contribution >= 4 is 0 Å². The maximum Gasteiger partial charge on any atom is 0.161 e. The summed E-state index contributed by atoms with van der Waals surface area (Å²) in [6.07, 6.45) is 0. The fourth-order valence-corrected chi connectivity index (χ4v) is 3.02. The predicted octanol–water partition coefficient (Wildman–Crippen LogP) is 4.15. The normalized spacial score (nSPS) is 10.6. The van der Waals surface area contributed by atoms with Gasteiger partial charge in [0.05, 0.1) is 7.11 Å². The summed E-state index contributed by atoms with van der Waals surface area (Å²) >= 11 is 0. The van der Waals surface area contributed by atoms with Crippen LogP contribution in [0.3, 0.4) is 0 Å². The lowest BCUT2D eigenvalue weighted by Gasteiger charge is -2.13. The van der Waals surface area contributed by atoms with Crippen LogP contribution in [0.4, 0.5) is 0 Å². The van der Waals surface area contributed by atoms with Crippen LogP contribution in [0.5, 0.6) is 11.5 Å². The molecule has 0 aliphatic rings. The number of ether oxygens (including phenoxy) is 2. The molecule has 3 rings (SSSR count). The van der Waals surface area contributed by atoms with E-state index in [1.165, 1.54) is 27.8 Å². The minimum Gasteiger partial charge on any atom is -0.493 e. The second-order valence-electron chi connectivity index (χ2n) is 6.88. The summed E-state index contributed by atoms with van der Waals surface area (Å²) in [5.74, 6) is 1.56. The van der Waals surface area contributed by atoms with Crippen molar-refractivity contribution in [3.05, 3.63) is 94.5 Å². The topological polar surface area (TPSA) is 35.1 Å². The summed E-state index contributed by atoms with van der Waals surface area (Å²) in [7, 11) is 1.69. The van der Waals surface area contributed by atoms with E-state index in [0.717, 1.165) is 24.6 Å². The predicted molar refractivity (Wildman–Crippen MR) is 109 cm³/mol. The molecule has 0 aliphatic heterocycles. The summed E-state index contributed by atoms with van der Waals surface area (Å²) in [6, 6.07) is 23.2. The van der Waals surface area contributed by atoms with Gasteiger partial charge in [-0.05, 0) is 43.2 Å². The number of aryl methyl sites for hydroxylation is 2. The van der Waals surface area contributed by atoms with Crippen molar-refractivity contribution in [3.63, 3.8) is 0 Å². The first-order valence-electron chi connectivity index (χ1n) is 9.37. The van der Waals surface area contributed by atoms with Crippen LogP contribution in [0.1, 0.15) is 27.8 Å². The molecule has 0 unspecified atom stereocenters. The molecule has 0 amide bonds. The summed E-state index contributed by atoms with van der Waals surface area (Å²) in [5, 5.41) is 2.30. The van der Waals surface area contributed by atoms with Crippen LogP contribution in [-0.2, 0) is 19.7 Å². The van der Waals surface area contributed by atoms with E-state index in [1.54, 1.807) is 7.11 Å². The van der Waals surface area contributed by atoms with Crippen molar-refractivity contribution in [1.82, 2.24) is 0 Å². The number of hydrogen-bond donors (Lipinski definition) is 1. The van der Waals surface area contributed by atoms with E-state index in [0.29, 0.717) is 6.61 Å². The van der Waals surface area contributed by atoms with Crippen molar-refractivity contribution in [1.29, 1.82) is 0 Å². The van der Waals surface area contributed by atoms with Gasteiger partial charge in [-0.15, -0.1) is 0 Å². The first-order valence-corrected chi connectivity index (χ1v) is 9.37. The monoisotopic (exact) mass is 362 g/mol. The maximum atomic E-state index is 6.00. The molecule has 27 heavy (non-hydrogen) atoms. The molecule has 0 atom stereocenters. The molecule has 140 valence electrons. The van der Waals surface area contributed by atoms with Gasteiger partial charge in [0.2, 0.25) is 0 Å². The molecule has 0 aromatic heterocycles. The van der Waals surface area contributed by atoms with Crippen LogP contribution in [0, 0.1) is 13.8 Å². The van der Waals surface area contributed by atoms with Crippen LogP contribution >= 0.6 is 0 Å². The Balaban J connectivity index is 1.58. The lowest BCUT2D eigenvalue weighted by Crippen LogP contribution is -2.80. The zero-order chi connectivity index (χ0) is 19.1. The lowest BCUT2D eigenvalue weighted by atomic mass is 10.1. The fraction of sp³-hybridized carbons (Fsp3) is 0.250. The first kappa shape index (κ1) is 19.0. The number of benzene rings is 3. The average molecular weight is 362 g/mol. The Morgan fingerprint density at radius 2 is 1.48 bits per heavy atom. The lowest BCUT2D eigenvalue weighted by molar-refractivity contribution is -0.686. The molecule has 3 nitrogen and oxygen atoms in total. The van der Waals surface area contributed by atoms with E-state index >= 15 is 0 Å². The highest BCUT2D eigenvalue weighted by molar-refractivity contribution is 5.43. The second-order valence-corrected chi connectivity index (χ2v) is 6.88. The minimum atomic E-state index is 0.544. The third-order valence-corrected chi connectivity index (χ3v) is 4.75. The van der Waals surface area contributed by atoms with Gasteiger partial charge < -0.3 is 14.8 Å². The van der Waals surface area contributed by atoms with Gasteiger partial charge in [-0.25, -0.2) is 0 Å². The van der Waals surface area contributed by atoms with Crippen LogP contribution in [0.2, 0.25) is 0 Å². The molecule has 0 heterocycles. The molecule has 0 spiro atoms. The number of rotatable bonds is 8. The van der Waals surface area contributed by atoms with Crippen LogP contribution < -0.4 is 14.8 Å². The van der Waals surface area contributed by atoms with Gasteiger partial charge >= 0.3 is 0 Å². The number of hydrogen-bond acceptors (Lipinski definition) is 2. The van der Waals surface area contributed by atoms with Gasteiger partial charge in [0.25, 0.3) is 0 Å². The van der Waals surface area contributed by atoms with Crippen LogP contribution in [0.15, 0.2) is 66.7 Å². The van der Waals surface area contributed by atoms with Gasteiger partial charge in [-0.3, -0.25) is 0 Å². The molecule has 0 aliphatic carbocycles. The molecule has 0 fully saturated rings. The van der Waals surface area contributed by atoms with E-state index in [-0.39, 0.29) is 0 Å². The second kappa shape index (κ2) is 9.24. The highest BCUT2D eigenvalue weighted by Gasteiger charge is 2.08. The van der Waals surface area contributed by atoms with Gasteiger partial charge in [0.15, 0.2) is 11.5 Å². The molecular weight excluding hydrogens is 334 g/mol. The molecule has 0 saturated heterocycles. The van der Waals surface area contributed by atoms with E-state index < -0.39 is 0 Å². The minimum absolute atomic E-state index is 0.544. The Morgan fingerprint density at radius 3 is 2.22 bits per heavy atom. The van der Waals surface area contributed by atoms with Crippen molar-refractivity contribution < 1.29 is 14.8 Å². The van der Waals surface area contributed by atoms with Crippen molar-refractivity contribution in [2.45, 2.75) is 33.5 Å². The highest BCUT2D eigenvalue weighted by Crippen LogP contribution is 2.29. The molecule has 3 aromatic rings. The quantitative estimate of drug-likeness (QED) is 0.653. The van der Waals surface area contributed by atoms with Crippen molar-refractivity contribution in [3.8, 4) is 11.5 Å². The molecule has 0 bridgehead atoms. The standard InChI is InChI=1S/C24H27NO2/c1-18-8-10-20(11-9-18)15-25-16-21-12-13-23(24(14-21)26-3)27-17-22-7-5-4-6-19(22)2/h4-14,25H,15-17H2,1-3H3/p+1. The average Bonchev–Trinajstić information content (AvgIpc) is 2.69. The summed E-state index contributed by atoms with van der Waals surface area (Å²) in [4.78, 5) is 0. The van der Waals surface area contributed by atoms with Gasteiger partial charge in [-0.2, -0.15) is 0 Å². The van der Waals surface area contributed by atoms with Crippen molar-refractivity contribution in [2.75, 3.05) is 7.11 Å². The largest absolute Gasteiger partial charge is 0.493 e. The Kier molecular flexibility index (Phi) is 6.50. The zero-order valence-corrected chi connectivity index (χ0v) is 16.4. The number of nitrogens with two attached hydrogens (primary N) is 1. The summed E-state index contributed by atoms with van der Waals surface area (Å²) < 4.78 is 11.5. The van der Waals surface area contributed by atoms with Crippen LogP contribution in [-0.4, -0.2) is 7.11 Å². The maximum absolute atomic E-state index is 6.00.